The number of amides is 2. The van der Waals surface area contributed by atoms with E-state index >= 15 is 0 Å². The molecule has 130 valence electrons. The molecule has 0 fully saturated rings. The maximum atomic E-state index is 12.1. The van der Waals surface area contributed by atoms with Gasteiger partial charge >= 0.3 is 0 Å². The van der Waals surface area contributed by atoms with Crippen molar-refractivity contribution in [3.8, 4) is 11.5 Å². The molecule has 0 aromatic carbocycles. The summed E-state index contributed by atoms with van der Waals surface area (Å²) >= 11 is 1.28. The predicted octanol–water partition coefficient (Wildman–Crippen LogP) is 0.784. The van der Waals surface area contributed by atoms with Crippen LogP contribution in [0.2, 0.25) is 0 Å². The van der Waals surface area contributed by atoms with E-state index in [9.17, 15) is 9.59 Å². The second kappa shape index (κ2) is 7.90. The number of nitrogens with zero attached hydrogens (tertiary/aromatic N) is 6. The number of anilines is 1. The minimum absolute atomic E-state index is 0.0385. The van der Waals surface area contributed by atoms with Gasteiger partial charge in [0.1, 0.15) is 0 Å². The van der Waals surface area contributed by atoms with Gasteiger partial charge in [-0.25, -0.2) is 4.63 Å². The summed E-state index contributed by atoms with van der Waals surface area (Å²) in [5.41, 5.74) is 0.280. The molecule has 2 aromatic heterocycles. The van der Waals surface area contributed by atoms with Gasteiger partial charge in [0.15, 0.2) is 16.7 Å². The van der Waals surface area contributed by atoms with Crippen LogP contribution >= 0.6 is 11.8 Å². The predicted molar refractivity (Wildman–Crippen MR) is 87.3 cm³/mol. The van der Waals surface area contributed by atoms with Gasteiger partial charge in [-0.05, 0) is 24.2 Å². The largest absolute Gasteiger partial charge is 0.343 e. The number of carbonyl (C=O) groups is 2. The van der Waals surface area contributed by atoms with Crippen molar-refractivity contribution in [3.05, 3.63) is 0 Å². The Kier molecular flexibility index (Phi) is 5.90. The molecule has 0 aliphatic carbocycles. The highest BCUT2D eigenvalue weighted by molar-refractivity contribution is 7.99. The first-order valence-electron chi connectivity index (χ1n) is 7.38. The topological polar surface area (TPSA) is 119 Å². The molecule has 0 saturated carbocycles. The third-order valence-electron chi connectivity index (χ3n) is 3.27. The molecule has 1 N–H and O–H groups in total. The maximum Gasteiger partial charge on any atom is 0.233 e. The Morgan fingerprint density at radius 3 is 2.58 bits per heavy atom. The van der Waals surface area contributed by atoms with E-state index in [1.54, 1.807) is 16.5 Å². The van der Waals surface area contributed by atoms with Gasteiger partial charge in [-0.2, -0.15) is 0 Å². The van der Waals surface area contributed by atoms with Crippen LogP contribution in [0.25, 0.3) is 11.5 Å². The fourth-order valence-electron chi connectivity index (χ4n) is 2.02. The fourth-order valence-corrected chi connectivity index (χ4v) is 2.84. The molecular formula is C13H19N7O3S. The standard InChI is InChI=1S/C13H19N7O3S/c1-5-20(6-2)9(22)7-24-13-16-15-12(19(13)4)10-11(14-8(3)21)18-23-17-10/h5-7H2,1-4H3,(H,14,18,21). The van der Waals surface area contributed by atoms with Crippen molar-refractivity contribution in [2.45, 2.75) is 25.9 Å². The average molecular weight is 353 g/mol. The molecule has 0 unspecified atom stereocenters. The van der Waals surface area contributed by atoms with Gasteiger partial charge in [-0.1, -0.05) is 11.8 Å². The lowest BCUT2D eigenvalue weighted by molar-refractivity contribution is -0.128. The summed E-state index contributed by atoms with van der Waals surface area (Å²) < 4.78 is 6.33. The second-order valence-electron chi connectivity index (χ2n) is 4.86. The first kappa shape index (κ1) is 17.9. The first-order valence-corrected chi connectivity index (χ1v) is 8.36. The molecule has 0 radical (unpaired) electrons. The van der Waals surface area contributed by atoms with Crippen molar-refractivity contribution in [2.24, 2.45) is 7.05 Å². The SMILES string of the molecule is CCN(CC)C(=O)CSc1nnc(-c2nonc2NC(C)=O)n1C. The van der Waals surface area contributed by atoms with E-state index in [0.29, 0.717) is 24.1 Å². The van der Waals surface area contributed by atoms with Crippen LogP contribution in [0.4, 0.5) is 5.82 Å². The molecule has 0 spiro atoms. The van der Waals surface area contributed by atoms with Gasteiger partial charge in [-0.3, -0.25) is 9.59 Å². The van der Waals surface area contributed by atoms with Gasteiger partial charge in [0, 0.05) is 27.1 Å². The second-order valence-corrected chi connectivity index (χ2v) is 5.81. The molecule has 24 heavy (non-hydrogen) atoms. The molecule has 0 atom stereocenters. The van der Waals surface area contributed by atoms with Gasteiger partial charge in [-0.15, -0.1) is 10.2 Å². The van der Waals surface area contributed by atoms with Gasteiger partial charge < -0.3 is 14.8 Å². The summed E-state index contributed by atoms with van der Waals surface area (Å²) in [4.78, 5) is 25.0. The first-order chi connectivity index (χ1) is 11.5. The number of hydrogen-bond acceptors (Lipinski definition) is 8. The Bertz CT molecular complexity index is 723. The van der Waals surface area contributed by atoms with Crippen LogP contribution in [0, 0.1) is 0 Å². The Morgan fingerprint density at radius 1 is 1.25 bits per heavy atom. The highest BCUT2D eigenvalue weighted by Gasteiger charge is 2.21. The molecule has 0 aliphatic rings. The number of nitrogens with one attached hydrogen (secondary N) is 1. The van der Waals surface area contributed by atoms with Crippen LogP contribution in [0.1, 0.15) is 20.8 Å². The number of aromatic nitrogens is 5. The zero-order valence-corrected chi connectivity index (χ0v) is 14.8. The van der Waals surface area contributed by atoms with E-state index in [4.69, 9.17) is 0 Å². The van der Waals surface area contributed by atoms with Crippen LogP contribution in [0.5, 0.6) is 0 Å². The van der Waals surface area contributed by atoms with Gasteiger partial charge in [0.05, 0.1) is 5.75 Å². The van der Waals surface area contributed by atoms with Crippen molar-refractivity contribution >= 4 is 29.4 Å². The molecule has 2 heterocycles. The van der Waals surface area contributed by atoms with Crippen molar-refractivity contribution in [2.75, 3.05) is 24.2 Å². The van der Waals surface area contributed by atoms with Crippen LogP contribution in [0.3, 0.4) is 0 Å². The molecule has 11 heteroatoms. The lowest BCUT2D eigenvalue weighted by Crippen LogP contribution is -2.31. The van der Waals surface area contributed by atoms with Crippen molar-refractivity contribution in [1.29, 1.82) is 0 Å². The van der Waals surface area contributed by atoms with Gasteiger partial charge in [0.25, 0.3) is 0 Å². The van der Waals surface area contributed by atoms with E-state index in [0.717, 1.165) is 0 Å². The number of carbonyl (C=O) groups excluding carboxylic acids is 2. The van der Waals surface area contributed by atoms with Crippen LogP contribution < -0.4 is 5.32 Å². The lowest BCUT2D eigenvalue weighted by atomic mass is 10.4. The Balaban J connectivity index is 2.13. The highest BCUT2D eigenvalue weighted by atomic mass is 32.2. The average Bonchev–Trinajstić information content (AvgIpc) is 3.12. The highest BCUT2D eigenvalue weighted by Crippen LogP contribution is 2.25. The van der Waals surface area contributed by atoms with Crippen molar-refractivity contribution in [3.63, 3.8) is 0 Å². The molecule has 10 nitrogen and oxygen atoms in total. The van der Waals surface area contributed by atoms with Crippen molar-refractivity contribution in [1.82, 2.24) is 30.0 Å². The number of thioether (sulfide) groups is 1. The van der Waals surface area contributed by atoms with E-state index in [1.165, 1.54) is 18.7 Å². The molecule has 2 aromatic rings. The van der Waals surface area contributed by atoms with Crippen LogP contribution in [-0.2, 0) is 16.6 Å². The molecule has 2 amide bonds. The number of rotatable bonds is 7. The third kappa shape index (κ3) is 3.91. The van der Waals surface area contributed by atoms with Crippen LogP contribution in [-0.4, -0.2) is 60.6 Å². The zero-order chi connectivity index (χ0) is 17.7. The van der Waals surface area contributed by atoms with E-state index in [1.807, 2.05) is 13.8 Å². The monoisotopic (exact) mass is 353 g/mol. The Morgan fingerprint density at radius 2 is 1.96 bits per heavy atom. The molecule has 2 rings (SSSR count). The molecule has 0 saturated heterocycles. The molecular weight excluding hydrogens is 334 g/mol. The smallest absolute Gasteiger partial charge is 0.233 e. The molecule has 0 bridgehead atoms. The quantitative estimate of drug-likeness (QED) is 0.725. The summed E-state index contributed by atoms with van der Waals surface area (Å²) in [5, 5.41) is 18.6. The van der Waals surface area contributed by atoms with E-state index in [2.05, 4.69) is 30.5 Å². The third-order valence-corrected chi connectivity index (χ3v) is 4.28. The summed E-state index contributed by atoms with van der Waals surface area (Å²) in [6.45, 7) is 6.58. The fraction of sp³-hybridized carbons (Fsp3) is 0.538. The Labute approximate surface area is 142 Å². The summed E-state index contributed by atoms with van der Waals surface area (Å²) in [7, 11) is 1.74. The summed E-state index contributed by atoms with van der Waals surface area (Å²) in [6, 6.07) is 0. The minimum Gasteiger partial charge on any atom is -0.343 e. The normalized spacial score (nSPS) is 10.7. The van der Waals surface area contributed by atoms with E-state index < -0.39 is 0 Å². The Hall–Kier alpha value is -2.43. The lowest BCUT2D eigenvalue weighted by Gasteiger charge is -2.17. The van der Waals surface area contributed by atoms with Crippen LogP contribution in [0.15, 0.2) is 9.79 Å². The summed E-state index contributed by atoms with van der Waals surface area (Å²) in [5.74, 6) is 0.570. The van der Waals surface area contributed by atoms with Gasteiger partial charge in [0.2, 0.25) is 17.6 Å². The number of hydrogen-bond donors (Lipinski definition) is 1. The zero-order valence-electron chi connectivity index (χ0n) is 13.9. The van der Waals surface area contributed by atoms with E-state index in [-0.39, 0.29) is 29.1 Å². The maximum absolute atomic E-state index is 12.1. The van der Waals surface area contributed by atoms with Crippen molar-refractivity contribution < 1.29 is 14.2 Å². The molecule has 0 aliphatic heterocycles. The summed E-state index contributed by atoms with van der Waals surface area (Å²) in [6.07, 6.45) is 0. The minimum atomic E-state index is -0.298.